The van der Waals surface area contributed by atoms with Gasteiger partial charge in [0.05, 0.1) is 6.04 Å². The summed E-state index contributed by atoms with van der Waals surface area (Å²) in [6, 6.07) is 12.0. The van der Waals surface area contributed by atoms with Gasteiger partial charge in [0.1, 0.15) is 11.0 Å². The van der Waals surface area contributed by atoms with Crippen LogP contribution in [0.25, 0.3) is 0 Å². The molecule has 0 radical (unpaired) electrons. The van der Waals surface area contributed by atoms with Crippen LogP contribution in [0.5, 0.6) is 0 Å². The third kappa shape index (κ3) is 5.03. The molecule has 1 aliphatic heterocycles. The third-order valence-corrected chi connectivity index (χ3v) is 4.65. The molecule has 2 N–H and O–H groups in total. The highest BCUT2D eigenvalue weighted by molar-refractivity contribution is 7.80. The van der Waals surface area contributed by atoms with Gasteiger partial charge in [-0.05, 0) is 44.0 Å². The van der Waals surface area contributed by atoms with Crippen LogP contribution in [0.4, 0.5) is 11.8 Å². The van der Waals surface area contributed by atoms with Gasteiger partial charge < -0.3 is 15.5 Å². The van der Waals surface area contributed by atoms with Gasteiger partial charge in [-0.3, -0.25) is 0 Å². The van der Waals surface area contributed by atoms with Crippen LogP contribution >= 0.6 is 23.8 Å². The Hall–Kier alpha value is -1.92. The second kappa shape index (κ2) is 8.45. The van der Waals surface area contributed by atoms with Crippen LogP contribution in [-0.4, -0.2) is 28.2 Å². The van der Waals surface area contributed by atoms with Crippen molar-refractivity contribution in [2.45, 2.75) is 32.2 Å². The second-order valence-electron chi connectivity index (χ2n) is 6.15. The molecule has 0 saturated carbocycles. The topological polar surface area (TPSA) is 53.1 Å². The Bertz CT molecular complexity index is 719. The van der Waals surface area contributed by atoms with Crippen molar-refractivity contribution >= 4 is 40.7 Å². The minimum absolute atomic E-state index is 0.0851. The number of anilines is 2. The van der Waals surface area contributed by atoms with Gasteiger partial charge in [0.25, 0.3) is 0 Å². The molecular weight excluding hydrogens is 354 g/mol. The lowest BCUT2D eigenvalue weighted by molar-refractivity contribution is 0.573. The van der Waals surface area contributed by atoms with Crippen molar-refractivity contribution in [2.24, 2.45) is 0 Å². The summed E-state index contributed by atoms with van der Waals surface area (Å²) in [7, 11) is 0. The lowest BCUT2D eigenvalue weighted by atomic mass is 10.1. The Morgan fingerprint density at radius 1 is 1.16 bits per heavy atom. The lowest BCUT2D eigenvalue weighted by Crippen LogP contribution is -2.33. The number of thiocarbonyl (C=S) groups is 1. The number of halogens is 1. The summed E-state index contributed by atoms with van der Waals surface area (Å²) in [5.41, 5.74) is 1.16. The van der Waals surface area contributed by atoms with E-state index in [-0.39, 0.29) is 6.04 Å². The number of nitrogens with zero attached hydrogens (tertiary/aromatic N) is 3. The van der Waals surface area contributed by atoms with Crippen molar-refractivity contribution in [2.75, 3.05) is 23.3 Å². The van der Waals surface area contributed by atoms with Crippen molar-refractivity contribution in [1.82, 2.24) is 15.3 Å². The predicted molar refractivity (Wildman–Crippen MR) is 107 cm³/mol. The van der Waals surface area contributed by atoms with Crippen LogP contribution in [0.2, 0.25) is 5.15 Å². The molecule has 5 nitrogen and oxygen atoms in total. The predicted octanol–water partition coefficient (Wildman–Crippen LogP) is 4.17. The number of piperidine rings is 1. The fourth-order valence-corrected chi connectivity index (χ4v) is 3.35. The summed E-state index contributed by atoms with van der Waals surface area (Å²) >= 11 is 11.6. The number of aromatic nitrogens is 2. The summed E-state index contributed by atoms with van der Waals surface area (Å²) in [6.07, 6.45) is 3.63. The maximum Gasteiger partial charge on any atom is 0.232 e. The number of benzene rings is 1. The quantitative estimate of drug-likeness (QED) is 0.618. The average molecular weight is 376 g/mol. The molecule has 1 atom stereocenters. The maximum absolute atomic E-state index is 6.17. The Kier molecular flexibility index (Phi) is 6.04. The van der Waals surface area contributed by atoms with Crippen LogP contribution in [0.15, 0.2) is 36.4 Å². The molecule has 1 fully saturated rings. The van der Waals surface area contributed by atoms with E-state index in [0.717, 1.165) is 24.5 Å². The highest BCUT2D eigenvalue weighted by atomic mass is 35.5. The number of nitrogens with one attached hydrogen (secondary N) is 2. The molecule has 2 aromatic rings. The largest absolute Gasteiger partial charge is 0.356 e. The molecular formula is C18H22ClN5S. The van der Waals surface area contributed by atoms with E-state index in [1.165, 1.54) is 19.3 Å². The zero-order chi connectivity index (χ0) is 17.6. The third-order valence-electron chi connectivity index (χ3n) is 4.23. The van der Waals surface area contributed by atoms with E-state index >= 15 is 0 Å². The smallest absolute Gasteiger partial charge is 0.232 e. The van der Waals surface area contributed by atoms with Crippen molar-refractivity contribution in [3.8, 4) is 0 Å². The van der Waals surface area contributed by atoms with E-state index in [0.29, 0.717) is 16.2 Å². The van der Waals surface area contributed by atoms with Gasteiger partial charge in [0.2, 0.25) is 5.95 Å². The molecule has 1 aliphatic rings. The molecule has 0 unspecified atom stereocenters. The van der Waals surface area contributed by atoms with Gasteiger partial charge in [0.15, 0.2) is 5.11 Å². The van der Waals surface area contributed by atoms with E-state index in [2.05, 4.69) is 44.6 Å². The molecule has 1 saturated heterocycles. The Morgan fingerprint density at radius 2 is 1.88 bits per heavy atom. The SMILES string of the molecule is C[C@H](NC(=S)Nc1nc(Cl)cc(N2CCCCC2)n1)c1ccccc1. The first-order chi connectivity index (χ1) is 12.1. The molecule has 132 valence electrons. The fraction of sp³-hybridized carbons (Fsp3) is 0.389. The van der Waals surface area contributed by atoms with E-state index in [1.54, 1.807) is 6.07 Å². The molecule has 0 bridgehead atoms. The van der Waals surface area contributed by atoms with Crippen LogP contribution in [0.3, 0.4) is 0 Å². The van der Waals surface area contributed by atoms with Gasteiger partial charge in [-0.15, -0.1) is 0 Å². The lowest BCUT2D eigenvalue weighted by Gasteiger charge is -2.28. The van der Waals surface area contributed by atoms with E-state index < -0.39 is 0 Å². The van der Waals surface area contributed by atoms with E-state index in [1.807, 2.05) is 18.2 Å². The van der Waals surface area contributed by atoms with Crippen molar-refractivity contribution < 1.29 is 0 Å². The molecule has 0 amide bonds. The number of hydrogen-bond donors (Lipinski definition) is 2. The highest BCUT2D eigenvalue weighted by Crippen LogP contribution is 2.22. The molecule has 0 aliphatic carbocycles. The first kappa shape index (κ1) is 17.9. The van der Waals surface area contributed by atoms with E-state index in [9.17, 15) is 0 Å². The van der Waals surface area contributed by atoms with Crippen molar-refractivity contribution in [3.63, 3.8) is 0 Å². The number of hydrogen-bond acceptors (Lipinski definition) is 4. The summed E-state index contributed by atoms with van der Waals surface area (Å²) in [4.78, 5) is 11.0. The molecule has 7 heteroatoms. The van der Waals surface area contributed by atoms with E-state index in [4.69, 9.17) is 23.8 Å². The van der Waals surface area contributed by atoms with Crippen LogP contribution < -0.4 is 15.5 Å². The minimum Gasteiger partial charge on any atom is -0.356 e. The standard InChI is InChI=1S/C18H22ClN5S/c1-13(14-8-4-2-5-9-14)20-18(25)23-17-21-15(19)12-16(22-17)24-10-6-3-7-11-24/h2,4-5,8-9,12-13H,3,6-7,10-11H2,1H3,(H2,20,21,22,23,25)/t13-/m0/s1. The van der Waals surface area contributed by atoms with Crippen molar-refractivity contribution in [1.29, 1.82) is 0 Å². The Labute approximate surface area is 158 Å². The molecule has 1 aromatic heterocycles. The molecule has 0 spiro atoms. The van der Waals surface area contributed by atoms with Gasteiger partial charge in [-0.1, -0.05) is 41.9 Å². The molecule has 1 aromatic carbocycles. The van der Waals surface area contributed by atoms with Gasteiger partial charge in [-0.25, -0.2) is 4.98 Å². The monoisotopic (exact) mass is 375 g/mol. The average Bonchev–Trinajstić information content (AvgIpc) is 2.62. The summed E-state index contributed by atoms with van der Waals surface area (Å²) in [5, 5.41) is 7.19. The maximum atomic E-state index is 6.17. The molecule has 2 heterocycles. The Morgan fingerprint density at radius 3 is 2.60 bits per heavy atom. The number of rotatable bonds is 4. The first-order valence-corrected chi connectivity index (χ1v) is 9.32. The molecule has 25 heavy (non-hydrogen) atoms. The normalized spacial score (nSPS) is 15.5. The van der Waals surface area contributed by atoms with Crippen LogP contribution in [-0.2, 0) is 0 Å². The van der Waals surface area contributed by atoms with Gasteiger partial charge in [0, 0.05) is 19.2 Å². The molecule has 3 rings (SSSR count). The summed E-state index contributed by atoms with van der Waals surface area (Å²) in [5.74, 6) is 1.27. The van der Waals surface area contributed by atoms with Crippen LogP contribution in [0, 0.1) is 0 Å². The zero-order valence-electron chi connectivity index (χ0n) is 14.2. The first-order valence-electron chi connectivity index (χ1n) is 8.54. The highest BCUT2D eigenvalue weighted by Gasteiger charge is 2.15. The van der Waals surface area contributed by atoms with Gasteiger partial charge in [-0.2, -0.15) is 4.98 Å². The fourth-order valence-electron chi connectivity index (χ4n) is 2.91. The zero-order valence-corrected chi connectivity index (χ0v) is 15.8. The summed E-state index contributed by atoms with van der Waals surface area (Å²) in [6.45, 7) is 4.06. The second-order valence-corrected chi connectivity index (χ2v) is 6.95. The Balaban J connectivity index is 1.65. The van der Waals surface area contributed by atoms with Crippen molar-refractivity contribution in [3.05, 3.63) is 47.1 Å². The summed E-state index contributed by atoms with van der Waals surface area (Å²) < 4.78 is 0. The minimum atomic E-state index is 0.0851. The van der Waals surface area contributed by atoms with Crippen LogP contribution in [0.1, 0.15) is 37.8 Å². The van der Waals surface area contributed by atoms with Gasteiger partial charge >= 0.3 is 0 Å².